The molecule has 1 aliphatic carbocycles. The summed E-state index contributed by atoms with van der Waals surface area (Å²) in [6.07, 6.45) is 9.28. The van der Waals surface area contributed by atoms with Crippen molar-refractivity contribution >= 4 is 9.84 Å². The smallest absolute Gasteiger partial charge is 0.151 e. The monoisotopic (exact) mass is 231 g/mol. The second-order valence-corrected chi connectivity index (χ2v) is 6.48. The van der Waals surface area contributed by atoms with Crippen molar-refractivity contribution in [3.63, 3.8) is 0 Å². The molecule has 2 atom stereocenters. The molecule has 0 radical (unpaired) electrons. The van der Waals surface area contributed by atoms with E-state index in [2.05, 4.69) is 11.4 Å². The molecule has 1 saturated carbocycles. The van der Waals surface area contributed by atoms with E-state index in [9.17, 15) is 8.42 Å². The number of hydrogen-bond acceptors (Lipinski definition) is 3. The highest BCUT2D eigenvalue weighted by Gasteiger charge is 2.33. The molecule has 0 saturated heterocycles. The normalized spacial score (nSPS) is 27.6. The van der Waals surface area contributed by atoms with Crippen LogP contribution in [0.25, 0.3) is 0 Å². The summed E-state index contributed by atoms with van der Waals surface area (Å²) in [6, 6.07) is 0.172. The highest BCUT2D eigenvalue weighted by molar-refractivity contribution is 7.91. The molecule has 88 valence electrons. The number of hydrogen-bond donors (Lipinski definition) is 1. The number of sulfone groups is 1. The third kappa shape index (κ3) is 3.95. The van der Waals surface area contributed by atoms with Gasteiger partial charge < -0.3 is 5.32 Å². The topological polar surface area (TPSA) is 46.2 Å². The summed E-state index contributed by atoms with van der Waals surface area (Å²) < 4.78 is 23.0. The molecule has 0 amide bonds. The van der Waals surface area contributed by atoms with E-state index in [0.29, 0.717) is 0 Å². The maximum Gasteiger partial charge on any atom is 0.151 e. The summed E-state index contributed by atoms with van der Waals surface area (Å²) in [5, 5.41) is 3.18. The van der Waals surface area contributed by atoms with E-state index >= 15 is 0 Å². The third-order valence-corrected chi connectivity index (χ3v) is 4.62. The Kier molecular flexibility index (Phi) is 4.80. The van der Waals surface area contributed by atoms with E-state index in [4.69, 9.17) is 0 Å². The Bertz CT molecular complexity index is 309. The van der Waals surface area contributed by atoms with Gasteiger partial charge in [-0.05, 0) is 32.7 Å². The van der Waals surface area contributed by atoms with Crippen molar-refractivity contribution in [2.75, 3.05) is 12.8 Å². The van der Waals surface area contributed by atoms with E-state index in [0.717, 1.165) is 32.2 Å². The fourth-order valence-corrected chi connectivity index (χ4v) is 3.61. The van der Waals surface area contributed by atoms with Gasteiger partial charge in [0.25, 0.3) is 0 Å². The average molecular weight is 231 g/mol. The Morgan fingerprint density at radius 2 is 2.13 bits per heavy atom. The first-order valence-electron chi connectivity index (χ1n) is 5.59. The van der Waals surface area contributed by atoms with Gasteiger partial charge in [0.15, 0.2) is 9.84 Å². The van der Waals surface area contributed by atoms with Gasteiger partial charge in [0.2, 0.25) is 0 Å². The van der Waals surface area contributed by atoms with Crippen molar-refractivity contribution < 1.29 is 8.42 Å². The van der Waals surface area contributed by atoms with Crippen LogP contribution in [0.15, 0.2) is 12.2 Å². The van der Waals surface area contributed by atoms with Crippen LogP contribution in [0.2, 0.25) is 0 Å². The summed E-state index contributed by atoms with van der Waals surface area (Å²) in [4.78, 5) is 0. The van der Waals surface area contributed by atoms with E-state index in [-0.39, 0.29) is 11.3 Å². The zero-order chi connectivity index (χ0) is 11.3. The van der Waals surface area contributed by atoms with Crippen LogP contribution in [-0.2, 0) is 9.84 Å². The van der Waals surface area contributed by atoms with Crippen molar-refractivity contribution in [1.82, 2.24) is 5.32 Å². The first kappa shape index (κ1) is 12.7. The molecule has 0 bridgehead atoms. The minimum absolute atomic E-state index is 0.164. The quantitative estimate of drug-likeness (QED) is 0.576. The molecule has 15 heavy (non-hydrogen) atoms. The van der Waals surface area contributed by atoms with Gasteiger partial charge in [-0.3, -0.25) is 0 Å². The Morgan fingerprint density at radius 3 is 2.73 bits per heavy atom. The highest BCUT2D eigenvalue weighted by Crippen LogP contribution is 2.24. The largest absolute Gasteiger partial charge is 0.312 e. The second-order valence-electron chi connectivity index (χ2n) is 4.22. The molecule has 0 aromatic carbocycles. The van der Waals surface area contributed by atoms with E-state index in [1.807, 2.05) is 13.0 Å². The minimum Gasteiger partial charge on any atom is -0.312 e. The SMILES string of the molecule is C/C=C/CCNC1CCCC1S(C)(=O)=O. The third-order valence-electron chi connectivity index (χ3n) is 2.96. The van der Waals surface area contributed by atoms with Crippen molar-refractivity contribution in [1.29, 1.82) is 0 Å². The van der Waals surface area contributed by atoms with Crippen molar-refractivity contribution in [2.24, 2.45) is 0 Å². The first-order chi connectivity index (χ1) is 7.05. The Labute approximate surface area is 92.9 Å². The molecule has 1 aliphatic rings. The minimum atomic E-state index is -2.87. The Hall–Kier alpha value is -0.350. The molecule has 2 unspecified atom stereocenters. The lowest BCUT2D eigenvalue weighted by Crippen LogP contribution is -2.40. The molecule has 4 heteroatoms. The van der Waals surface area contributed by atoms with E-state index in [1.54, 1.807) is 0 Å². The van der Waals surface area contributed by atoms with Crippen molar-refractivity contribution in [3.05, 3.63) is 12.2 Å². The van der Waals surface area contributed by atoms with Crippen LogP contribution in [0, 0.1) is 0 Å². The second kappa shape index (κ2) is 5.66. The zero-order valence-corrected chi connectivity index (χ0v) is 10.4. The average Bonchev–Trinajstić information content (AvgIpc) is 2.59. The maximum absolute atomic E-state index is 11.5. The number of rotatable bonds is 5. The van der Waals surface area contributed by atoms with Crippen LogP contribution in [-0.4, -0.2) is 32.5 Å². The number of allylic oxidation sites excluding steroid dienone is 1. The maximum atomic E-state index is 11.5. The highest BCUT2D eigenvalue weighted by atomic mass is 32.2. The van der Waals surface area contributed by atoms with E-state index < -0.39 is 9.84 Å². The molecule has 3 nitrogen and oxygen atoms in total. The van der Waals surface area contributed by atoms with Gasteiger partial charge in [-0.15, -0.1) is 0 Å². The molecule has 0 heterocycles. The summed E-state index contributed by atoms with van der Waals surface area (Å²) in [5.41, 5.74) is 0. The first-order valence-corrected chi connectivity index (χ1v) is 7.54. The molecule has 0 aromatic heterocycles. The van der Waals surface area contributed by atoms with Crippen LogP contribution < -0.4 is 5.32 Å². The molecule has 1 fully saturated rings. The lowest BCUT2D eigenvalue weighted by atomic mass is 10.2. The van der Waals surface area contributed by atoms with Gasteiger partial charge in [0.05, 0.1) is 5.25 Å². The molecule has 0 aliphatic heterocycles. The fraction of sp³-hybridized carbons (Fsp3) is 0.818. The van der Waals surface area contributed by atoms with E-state index in [1.165, 1.54) is 6.26 Å². The van der Waals surface area contributed by atoms with Crippen LogP contribution in [0.1, 0.15) is 32.6 Å². The van der Waals surface area contributed by atoms with Crippen molar-refractivity contribution in [2.45, 2.75) is 43.9 Å². The molecular formula is C11H21NO2S. The van der Waals surface area contributed by atoms with Gasteiger partial charge in [-0.2, -0.15) is 0 Å². The summed E-state index contributed by atoms with van der Waals surface area (Å²) in [5.74, 6) is 0. The Balaban J connectivity index is 2.41. The molecule has 1 N–H and O–H groups in total. The van der Waals surface area contributed by atoms with Gasteiger partial charge in [-0.1, -0.05) is 18.6 Å². The number of nitrogens with one attached hydrogen (secondary N) is 1. The lowest BCUT2D eigenvalue weighted by molar-refractivity contribution is 0.512. The van der Waals surface area contributed by atoms with Gasteiger partial charge in [0, 0.05) is 12.3 Å². The zero-order valence-electron chi connectivity index (χ0n) is 9.57. The summed E-state index contributed by atoms with van der Waals surface area (Å²) in [6.45, 7) is 2.87. The van der Waals surface area contributed by atoms with Crippen LogP contribution in [0.4, 0.5) is 0 Å². The summed E-state index contributed by atoms with van der Waals surface area (Å²) in [7, 11) is -2.87. The molecule has 1 rings (SSSR count). The molecule has 0 spiro atoms. The standard InChI is InChI=1S/C11H21NO2S/c1-3-4-5-9-12-10-7-6-8-11(10)15(2,13)14/h3-4,10-12H,5-9H2,1-2H3/b4-3+. The summed E-state index contributed by atoms with van der Waals surface area (Å²) >= 11 is 0. The van der Waals surface area contributed by atoms with Crippen LogP contribution >= 0.6 is 0 Å². The van der Waals surface area contributed by atoms with Gasteiger partial charge >= 0.3 is 0 Å². The van der Waals surface area contributed by atoms with Crippen LogP contribution in [0.3, 0.4) is 0 Å². The molecular weight excluding hydrogens is 210 g/mol. The lowest BCUT2D eigenvalue weighted by Gasteiger charge is -2.18. The van der Waals surface area contributed by atoms with Crippen molar-refractivity contribution in [3.8, 4) is 0 Å². The van der Waals surface area contributed by atoms with Crippen LogP contribution in [0.5, 0.6) is 0 Å². The predicted octanol–water partition coefficient (Wildman–Crippen LogP) is 1.51. The van der Waals surface area contributed by atoms with Gasteiger partial charge in [0.1, 0.15) is 0 Å². The van der Waals surface area contributed by atoms with Gasteiger partial charge in [-0.25, -0.2) is 8.42 Å². The fourth-order valence-electron chi connectivity index (χ4n) is 2.19. The predicted molar refractivity (Wildman–Crippen MR) is 63.7 cm³/mol. The Morgan fingerprint density at radius 1 is 1.40 bits per heavy atom. The molecule has 0 aromatic rings.